The summed E-state index contributed by atoms with van der Waals surface area (Å²) in [5.41, 5.74) is 7.14. The van der Waals surface area contributed by atoms with Gasteiger partial charge in [-0.3, -0.25) is 0 Å². The van der Waals surface area contributed by atoms with Gasteiger partial charge in [-0.1, -0.05) is 18.2 Å². The molecule has 6 heteroatoms. The van der Waals surface area contributed by atoms with Crippen LogP contribution in [0.4, 0.5) is 24.5 Å². The van der Waals surface area contributed by atoms with Crippen LogP contribution in [0, 0.1) is 0 Å². The molecule has 0 atom stereocenters. The highest BCUT2D eigenvalue weighted by Gasteiger charge is 2.29. The number of nitrogens with one attached hydrogen (secondary N) is 1. The van der Waals surface area contributed by atoms with Crippen LogP contribution in [-0.2, 0) is 6.18 Å². The second-order valence-electron chi connectivity index (χ2n) is 6.37. The smallest absolute Gasteiger partial charge is 0.397 e. The van der Waals surface area contributed by atoms with Crippen LogP contribution in [-0.4, -0.2) is 17.3 Å². The van der Waals surface area contributed by atoms with Crippen molar-refractivity contribution < 1.29 is 18.3 Å². The number of nitrogens with two attached hydrogens (primary N) is 1. The van der Waals surface area contributed by atoms with Crippen molar-refractivity contribution in [1.82, 2.24) is 0 Å². The van der Waals surface area contributed by atoms with Gasteiger partial charge in [-0.2, -0.15) is 13.2 Å². The van der Waals surface area contributed by atoms with Crippen molar-refractivity contribution >= 4 is 11.4 Å². The highest BCUT2D eigenvalue weighted by Crippen LogP contribution is 2.32. The average molecular weight is 338 g/mol. The first-order valence-corrected chi connectivity index (χ1v) is 7.60. The zero-order chi connectivity index (χ0) is 18.0. The molecule has 0 aliphatic carbocycles. The summed E-state index contributed by atoms with van der Waals surface area (Å²) in [6.45, 7) is 3.97. The molecule has 0 unspecified atom stereocenters. The highest BCUT2D eigenvalue weighted by molar-refractivity contribution is 5.76. The number of aliphatic hydroxyl groups is 1. The maximum absolute atomic E-state index is 12.6. The Hall–Kier alpha value is -2.21. The Kier molecular flexibility index (Phi) is 5.08. The predicted molar refractivity (Wildman–Crippen MR) is 90.7 cm³/mol. The number of hydrogen-bond acceptors (Lipinski definition) is 3. The predicted octanol–water partition coefficient (Wildman–Crippen LogP) is 4.53. The van der Waals surface area contributed by atoms with Crippen molar-refractivity contribution in [3.63, 3.8) is 0 Å². The molecular formula is C18H21F3N2O. The molecule has 24 heavy (non-hydrogen) atoms. The first-order chi connectivity index (χ1) is 11.1. The van der Waals surface area contributed by atoms with E-state index in [1.807, 2.05) is 0 Å². The molecule has 3 nitrogen and oxygen atoms in total. The van der Waals surface area contributed by atoms with E-state index in [9.17, 15) is 18.3 Å². The lowest BCUT2D eigenvalue weighted by atomic mass is 10.0. The molecule has 0 spiro atoms. The number of nitrogen functional groups attached to an aromatic ring is 1. The summed E-state index contributed by atoms with van der Waals surface area (Å²) >= 11 is 0. The fourth-order valence-corrected chi connectivity index (χ4v) is 2.24. The van der Waals surface area contributed by atoms with Gasteiger partial charge in [0.05, 0.1) is 22.5 Å². The second kappa shape index (κ2) is 6.73. The maximum atomic E-state index is 12.6. The molecule has 0 bridgehead atoms. The molecule has 0 aromatic heterocycles. The van der Waals surface area contributed by atoms with Gasteiger partial charge in [-0.05, 0) is 55.7 Å². The zero-order valence-corrected chi connectivity index (χ0v) is 13.6. The molecule has 0 aliphatic heterocycles. The van der Waals surface area contributed by atoms with Gasteiger partial charge >= 0.3 is 6.18 Å². The largest absolute Gasteiger partial charge is 0.416 e. The van der Waals surface area contributed by atoms with E-state index in [-0.39, 0.29) is 0 Å². The van der Waals surface area contributed by atoms with Crippen molar-refractivity contribution in [3.8, 4) is 11.1 Å². The Labute approximate surface area is 139 Å². The van der Waals surface area contributed by atoms with Crippen molar-refractivity contribution in [2.24, 2.45) is 0 Å². The quantitative estimate of drug-likeness (QED) is 0.702. The maximum Gasteiger partial charge on any atom is 0.416 e. The van der Waals surface area contributed by atoms with E-state index in [0.29, 0.717) is 29.9 Å². The molecule has 4 N–H and O–H groups in total. The second-order valence-corrected chi connectivity index (χ2v) is 6.37. The van der Waals surface area contributed by atoms with Gasteiger partial charge < -0.3 is 16.2 Å². The minimum Gasteiger partial charge on any atom is -0.397 e. The first kappa shape index (κ1) is 18.1. The summed E-state index contributed by atoms with van der Waals surface area (Å²) in [6, 6.07) is 10.3. The molecule has 0 aliphatic rings. The molecule has 0 radical (unpaired) electrons. The summed E-state index contributed by atoms with van der Waals surface area (Å²) < 4.78 is 37.9. The van der Waals surface area contributed by atoms with Crippen LogP contribution in [0.3, 0.4) is 0 Å². The summed E-state index contributed by atoms with van der Waals surface area (Å²) in [4.78, 5) is 0. The van der Waals surface area contributed by atoms with Crippen LogP contribution < -0.4 is 11.1 Å². The summed E-state index contributed by atoms with van der Waals surface area (Å²) in [5, 5.41) is 12.9. The van der Waals surface area contributed by atoms with E-state index in [4.69, 9.17) is 5.73 Å². The van der Waals surface area contributed by atoms with Crippen molar-refractivity contribution in [3.05, 3.63) is 48.0 Å². The van der Waals surface area contributed by atoms with Crippen LogP contribution in [0.2, 0.25) is 0 Å². The molecule has 2 aromatic rings. The fraction of sp³-hybridized carbons (Fsp3) is 0.333. The molecule has 0 heterocycles. The highest BCUT2D eigenvalue weighted by atomic mass is 19.4. The molecule has 0 saturated carbocycles. The lowest BCUT2D eigenvalue weighted by Crippen LogP contribution is -2.22. The lowest BCUT2D eigenvalue weighted by Gasteiger charge is -2.18. The first-order valence-electron chi connectivity index (χ1n) is 7.60. The Morgan fingerprint density at radius 1 is 1.00 bits per heavy atom. The van der Waals surface area contributed by atoms with Gasteiger partial charge in [0.15, 0.2) is 0 Å². The van der Waals surface area contributed by atoms with Crippen LogP contribution >= 0.6 is 0 Å². The van der Waals surface area contributed by atoms with Gasteiger partial charge in [0, 0.05) is 6.54 Å². The van der Waals surface area contributed by atoms with Gasteiger partial charge in [0.2, 0.25) is 0 Å². The molecule has 0 saturated heterocycles. The van der Waals surface area contributed by atoms with Gasteiger partial charge in [0.25, 0.3) is 0 Å². The molecular weight excluding hydrogens is 317 g/mol. The van der Waals surface area contributed by atoms with Gasteiger partial charge in [-0.15, -0.1) is 0 Å². The number of alkyl halides is 3. The zero-order valence-electron chi connectivity index (χ0n) is 13.6. The summed E-state index contributed by atoms with van der Waals surface area (Å²) in [6.07, 6.45) is -3.81. The Morgan fingerprint density at radius 2 is 1.58 bits per heavy atom. The molecule has 130 valence electrons. The van der Waals surface area contributed by atoms with Crippen LogP contribution in [0.25, 0.3) is 11.1 Å². The third-order valence-corrected chi connectivity index (χ3v) is 3.65. The molecule has 0 amide bonds. The molecule has 2 aromatic carbocycles. The monoisotopic (exact) mass is 338 g/mol. The van der Waals surface area contributed by atoms with Crippen molar-refractivity contribution in [2.75, 3.05) is 17.6 Å². The Morgan fingerprint density at radius 3 is 2.12 bits per heavy atom. The van der Waals surface area contributed by atoms with E-state index in [1.165, 1.54) is 12.1 Å². The molecule has 0 fully saturated rings. The standard InChI is InChI=1S/C18H21F3N2O/c1-17(2,24)9-10-23-16-11-13(5-8-15(16)22)12-3-6-14(7-4-12)18(19,20)21/h3-8,11,23-24H,9-10,22H2,1-2H3. The third-order valence-electron chi connectivity index (χ3n) is 3.65. The SMILES string of the molecule is CC(C)(O)CCNc1cc(-c2ccc(C(F)(F)F)cc2)ccc1N. The van der Waals surface area contributed by atoms with Gasteiger partial charge in [0.1, 0.15) is 0 Å². The molecule has 2 rings (SSSR count). The van der Waals surface area contributed by atoms with Crippen LogP contribution in [0.5, 0.6) is 0 Å². The van der Waals surface area contributed by atoms with E-state index < -0.39 is 17.3 Å². The van der Waals surface area contributed by atoms with Crippen LogP contribution in [0.1, 0.15) is 25.8 Å². The Balaban J connectivity index is 2.18. The Bertz CT molecular complexity index is 689. The minimum atomic E-state index is -4.34. The lowest BCUT2D eigenvalue weighted by molar-refractivity contribution is -0.137. The summed E-state index contributed by atoms with van der Waals surface area (Å²) in [7, 11) is 0. The van der Waals surface area contributed by atoms with E-state index in [1.54, 1.807) is 32.0 Å². The third kappa shape index (κ3) is 4.89. The fourth-order valence-electron chi connectivity index (χ4n) is 2.24. The minimum absolute atomic E-state index is 0.532. The summed E-state index contributed by atoms with van der Waals surface area (Å²) in [5.74, 6) is 0. The average Bonchev–Trinajstić information content (AvgIpc) is 2.47. The normalized spacial score (nSPS) is 12.2. The number of anilines is 2. The van der Waals surface area contributed by atoms with Crippen molar-refractivity contribution in [2.45, 2.75) is 32.0 Å². The van der Waals surface area contributed by atoms with Gasteiger partial charge in [-0.25, -0.2) is 0 Å². The number of benzene rings is 2. The van der Waals surface area contributed by atoms with E-state index in [0.717, 1.165) is 17.7 Å². The number of halogens is 3. The van der Waals surface area contributed by atoms with Crippen molar-refractivity contribution in [1.29, 1.82) is 0 Å². The number of rotatable bonds is 5. The topological polar surface area (TPSA) is 58.3 Å². The number of hydrogen-bond donors (Lipinski definition) is 3. The van der Waals surface area contributed by atoms with Crippen LogP contribution in [0.15, 0.2) is 42.5 Å². The van der Waals surface area contributed by atoms with E-state index in [2.05, 4.69) is 5.32 Å². The van der Waals surface area contributed by atoms with E-state index >= 15 is 0 Å².